The van der Waals surface area contributed by atoms with Crippen molar-refractivity contribution in [2.45, 2.75) is 52.1 Å². The molecule has 0 radical (unpaired) electrons. The fourth-order valence-corrected chi connectivity index (χ4v) is 3.66. The molecule has 0 bridgehead atoms. The van der Waals surface area contributed by atoms with E-state index in [0.29, 0.717) is 18.5 Å². The molecule has 2 aliphatic heterocycles. The summed E-state index contributed by atoms with van der Waals surface area (Å²) in [5, 5.41) is 0. The van der Waals surface area contributed by atoms with Crippen molar-refractivity contribution in [3.63, 3.8) is 0 Å². The van der Waals surface area contributed by atoms with Gasteiger partial charge in [0.05, 0.1) is 23.3 Å². The van der Waals surface area contributed by atoms with Crippen LogP contribution in [0.4, 0.5) is 4.79 Å². The molecule has 0 atom stereocenters. The summed E-state index contributed by atoms with van der Waals surface area (Å²) in [4.78, 5) is 35.2. The van der Waals surface area contributed by atoms with E-state index in [9.17, 15) is 9.59 Å². The number of carbonyl (C=O) groups is 2. The number of rotatable bonds is 1. The number of fused-ring (bicyclic) bond motifs is 3. The first-order valence-electron chi connectivity index (χ1n) is 9.58. The van der Waals surface area contributed by atoms with Gasteiger partial charge in [-0.05, 0) is 64.2 Å². The average Bonchev–Trinajstić information content (AvgIpc) is 3.05. The number of aromatic nitrogens is 3. The molecule has 2 amide bonds. The van der Waals surface area contributed by atoms with E-state index in [2.05, 4.69) is 9.97 Å². The largest absolute Gasteiger partial charge is 0.443 e. The minimum Gasteiger partial charge on any atom is -0.443 e. The van der Waals surface area contributed by atoms with Crippen LogP contribution in [0.25, 0.3) is 11.8 Å². The van der Waals surface area contributed by atoms with Crippen molar-refractivity contribution in [2.24, 2.45) is 0 Å². The number of imidazole rings is 1. The second kappa shape index (κ2) is 6.89. The van der Waals surface area contributed by atoms with Crippen LogP contribution in [0.2, 0.25) is 0 Å². The maximum absolute atomic E-state index is 12.9. The summed E-state index contributed by atoms with van der Waals surface area (Å²) in [5.41, 5.74) is 4.08. The molecule has 2 aromatic rings. The Balaban J connectivity index is 1.61. The van der Waals surface area contributed by atoms with Crippen molar-refractivity contribution >= 4 is 18.1 Å². The summed E-state index contributed by atoms with van der Waals surface area (Å²) in [6, 6.07) is 2.03. The van der Waals surface area contributed by atoms with Crippen molar-refractivity contribution in [1.82, 2.24) is 19.4 Å². The Bertz CT molecular complexity index is 968. The van der Waals surface area contributed by atoms with Crippen LogP contribution >= 0.6 is 0 Å². The van der Waals surface area contributed by atoms with Gasteiger partial charge in [-0.1, -0.05) is 0 Å². The van der Waals surface area contributed by atoms with Gasteiger partial charge in [0.2, 0.25) is 0 Å². The van der Waals surface area contributed by atoms with Crippen molar-refractivity contribution in [1.29, 1.82) is 0 Å². The number of nitrogens with zero attached hydrogens (tertiary/aromatic N) is 4. The van der Waals surface area contributed by atoms with Gasteiger partial charge >= 0.3 is 6.09 Å². The number of hydrogen-bond donors (Lipinski definition) is 0. The van der Waals surface area contributed by atoms with Gasteiger partial charge in [0, 0.05) is 18.3 Å². The summed E-state index contributed by atoms with van der Waals surface area (Å²) in [5.74, 6) is -0.292. The van der Waals surface area contributed by atoms with Gasteiger partial charge in [-0.3, -0.25) is 9.78 Å². The second-order valence-electron chi connectivity index (χ2n) is 8.16. The molecule has 1 fully saturated rings. The Morgan fingerprint density at radius 2 is 2.07 bits per heavy atom. The van der Waals surface area contributed by atoms with Gasteiger partial charge in [-0.2, -0.15) is 0 Å². The van der Waals surface area contributed by atoms with E-state index in [0.717, 1.165) is 36.3 Å². The van der Waals surface area contributed by atoms with E-state index in [1.54, 1.807) is 33.3 Å². The maximum atomic E-state index is 12.9. The zero-order valence-electron chi connectivity index (χ0n) is 16.4. The topological polar surface area (TPSA) is 77.3 Å². The van der Waals surface area contributed by atoms with Crippen LogP contribution in [0.3, 0.4) is 0 Å². The third-order valence-electron chi connectivity index (χ3n) is 4.95. The number of pyridine rings is 1. The zero-order valence-corrected chi connectivity index (χ0v) is 16.4. The molecule has 146 valence electrons. The molecule has 0 aromatic carbocycles. The minimum absolute atomic E-state index is 0.292. The molecule has 7 nitrogen and oxygen atoms in total. The smallest absolute Gasteiger partial charge is 0.417 e. The summed E-state index contributed by atoms with van der Waals surface area (Å²) >= 11 is 0. The summed E-state index contributed by atoms with van der Waals surface area (Å²) in [6.45, 7) is 5.76. The normalized spacial score (nSPS) is 18.0. The molecule has 0 aliphatic carbocycles. The first kappa shape index (κ1) is 18.4. The Kier molecular flexibility index (Phi) is 4.53. The predicted octanol–water partition coefficient (Wildman–Crippen LogP) is 3.31. The van der Waals surface area contributed by atoms with Crippen molar-refractivity contribution in [3.8, 4) is 5.69 Å². The lowest BCUT2D eigenvalue weighted by atomic mass is 9.99. The van der Waals surface area contributed by atoms with E-state index >= 15 is 0 Å². The van der Waals surface area contributed by atoms with Crippen molar-refractivity contribution in [3.05, 3.63) is 47.3 Å². The highest BCUT2D eigenvalue weighted by molar-refractivity contribution is 6.05. The van der Waals surface area contributed by atoms with Crippen molar-refractivity contribution in [2.75, 3.05) is 6.54 Å². The molecular formula is C21H24N4O3. The van der Waals surface area contributed by atoms with E-state index in [-0.39, 0.29) is 5.91 Å². The molecule has 4 rings (SSSR count). The fourth-order valence-electron chi connectivity index (χ4n) is 3.66. The van der Waals surface area contributed by atoms with Crippen LogP contribution in [0.15, 0.2) is 30.4 Å². The van der Waals surface area contributed by atoms with Gasteiger partial charge in [-0.15, -0.1) is 0 Å². The lowest BCUT2D eigenvalue weighted by molar-refractivity contribution is -0.127. The summed E-state index contributed by atoms with van der Waals surface area (Å²) in [6.07, 6.45) is 9.77. The summed E-state index contributed by atoms with van der Waals surface area (Å²) in [7, 11) is 0. The van der Waals surface area contributed by atoms with Crippen molar-refractivity contribution < 1.29 is 14.3 Å². The number of imide groups is 1. The molecule has 4 heterocycles. The quantitative estimate of drug-likeness (QED) is 0.710. The third kappa shape index (κ3) is 3.44. The molecule has 0 saturated carbocycles. The monoisotopic (exact) mass is 380 g/mol. The van der Waals surface area contributed by atoms with Gasteiger partial charge < -0.3 is 9.30 Å². The SMILES string of the molecule is CC(C)(C)OC(=O)N1CCCC(=Cc2ncn3c2CCc2ccncc2-3)C1=O. The standard InChI is InChI=1S/C21H24N4O3/c1-21(2,3)28-20(27)24-10-4-5-15(19(24)26)11-16-17-7-6-14-8-9-22-12-18(14)25(17)13-23-16/h8-9,11-13H,4-7,10H2,1-3H3. The number of likely N-dealkylation sites (tertiary alicyclic amines) is 1. The average molecular weight is 380 g/mol. The second-order valence-corrected chi connectivity index (χ2v) is 8.16. The lowest BCUT2D eigenvalue weighted by Gasteiger charge is -2.29. The lowest BCUT2D eigenvalue weighted by Crippen LogP contribution is -2.44. The zero-order chi connectivity index (χ0) is 19.9. The van der Waals surface area contributed by atoms with Crippen LogP contribution in [0.1, 0.15) is 50.6 Å². The Hall–Kier alpha value is -2.96. The van der Waals surface area contributed by atoms with Crippen LogP contribution < -0.4 is 0 Å². The molecular weight excluding hydrogens is 356 g/mol. The molecule has 2 aliphatic rings. The van der Waals surface area contributed by atoms with Crippen LogP contribution in [0.5, 0.6) is 0 Å². The number of amides is 2. The third-order valence-corrected chi connectivity index (χ3v) is 4.95. The number of hydrogen-bond acceptors (Lipinski definition) is 5. The minimum atomic E-state index is -0.636. The number of piperidine rings is 1. The molecule has 0 spiro atoms. The maximum Gasteiger partial charge on any atom is 0.417 e. The van der Waals surface area contributed by atoms with Gasteiger partial charge in [0.1, 0.15) is 11.9 Å². The Morgan fingerprint density at radius 3 is 2.86 bits per heavy atom. The van der Waals surface area contributed by atoms with Crippen LogP contribution in [0, 0.1) is 0 Å². The first-order chi connectivity index (χ1) is 13.3. The van der Waals surface area contributed by atoms with E-state index in [4.69, 9.17) is 4.74 Å². The highest BCUT2D eigenvalue weighted by Crippen LogP contribution is 2.28. The fraction of sp³-hybridized carbons (Fsp3) is 0.429. The Morgan fingerprint density at radius 1 is 1.25 bits per heavy atom. The molecule has 0 N–H and O–H groups in total. The summed E-state index contributed by atoms with van der Waals surface area (Å²) < 4.78 is 7.41. The first-order valence-corrected chi connectivity index (χ1v) is 9.58. The molecule has 2 aromatic heterocycles. The molecule has 0 unspecified atom stereocenters. The van der Waals surface area contributed by atoms with E-state index in [1.165, 1.54) is 10.5 Å². The molecule has 7 heteroatoms. The van der Waals surface area contributed by atoms with Crippen LogP contribution in [-0.4, -0.2) is 43.6 Å². The Labute approximate surface area is 164 Å². The molecule has 28 heavy (non-hydrogen) atoms. The van der Waals surface area contributed by atoms with Gasteiger partial charge in [-0.25, -0.2) is 14.7 Å². The number of aryl methyl sites for hydroxylation is 1. The highest BCUT2D eigenvalue weighted by Gasteiger charge is 2.32. The molecule has 1 saturated heterocycles. The predicted molar refractivity (Wildman–Crippen MR) is 104 cm³/mol. The van der Waals surface area contributed by atoms with Gasteiger partial charge in [0.15, 0.2) is 0 Å². The number of carbonyl (C=O) groups excluding carboxylic acids is 2. The van der Waals surface area contributed by atoms with E-state index in [1.807, 2.05) is 22.9 Å². The highest BCUT2D eigenvalue weighted by atomic mass is 16.6. The van der Waals surface area contributed by atoms with Gasteiger partial charge in [0.25, 0.3) is 5.91 Å². The number of ether oxygens (including phenoxy) is 1. The van der Waals surface area contributed by atoms with E-state index < -0.39 is 11.7 Å². The van der Waals surface area contributed by atoms with Crippen LogP contribution in [-0.2, 0) is 22.4 Å².